The van der Waals surface area contributed by atoms with Crippen LogP contribution >= 0.6 is 0 Å². The van der Waals surface area contributed by atoms with Gasteiger partial charge in [0.25, 0.3) is 0 Å². The van der Waals surface area contributed by atoms with Gasteiger partial charge in [-0.15, -0.1) is 0 Å². The first-order valence-electron chi connectivity index (χ1n) is 20.9. The highest BCUT2D eigenvalue weighted by Gasteiger charge is 2.05. The first-order valence-corrected chi connectivity index (χ1v) is 20.9. The van der Waals surface area contributed by atoms with E-state index in [0.717, 1.165) is 18.8 Å². The molecular formula is C42H86O. The van der Waals surface area contributed by atoms with Crippen LogP contribution in [0.5, 0.6) is 0 Å². The van der Waals surface area contributed by atoms with Crippen LogP contribution in [0, 0.1) is 5.92 Å². The molecule has 0 amide bonds. The molecule has 0 bridgehead atoms. The molecule has 0 aliphatic rings. The van der Waals surface area contributed by atoms with E-state index < -0.39 is 0 Å². The summed E-state index contributed by atoms with van der Waals surface area (Å²) in [5, 5.41) is 10.3. The standard InChI is InChI=1S/C42H86O/c1-4-6-8-10-12-14-16-17-18-19-20-21-22-23-24-26-29-33-37-41(3)38-34-30-28-32-36-40-42(43)39-35-31-27-25-15-13-11-9-7-5-2/h41-43H,4-40H2,1-3H3. The summed E-state index contributed by atoms with van der Waals surface area (Å²) >= 11 is 0. The van der Waals surface area contributed by atoms with Crippen molar-refractivity contribution in [1.82, 2.24) is 0 Å². The van der Waals surface area contributed by atoms with Gasteiger partial charge >= 0.3 is 0 Å². The molecule has 0 rings (SSSR count). The van der Waals surface area contributed by atoms with Crippen molar-refractivity contribution in [3.63, 3.8) is 0 Å². The highest BCUT2D eigenvalue weighted by atomic mass is 16.3. The molecule has 0 heterocycles. The molecule has 2 atom stereocenters. The zero-order chi connectivity index (χ0) is 31.3. The lowest BCUT2D eigenvalue weighted by molar-refractivity contribution is 0.147. The number of unbranched alkanes of at least 4 members (excludes halogenated alkanes) is 30. The molecule has 0 fully saturated rings. The van der Waals surface area contributed by atoms with Crippen molar-refractivity contribution >= 4 is 0 Å². The van der Waals surface area contributed by atoms with E-state index in [0.29, 0.717) is 0 Å². The molecule has 0 saturated carbocycles. The van der Waals surface area contributed by atoms with Crippen LogP contribution in [-0.2, 0) is 0 Å². The second kappa shape index (κ2) is 38.1. The average Bonchev–Trinajstić information content (AvgIpc) is 3.01. The summed E-state index contributed by atoms with van der Waals surface area (Å²) in [6, 6.07) is 0. The summed E-state index contributed by atoms with van der Waals surface area (Å²) in [5.74, 6) is 0.920. The average molecular weight is 607 g/mol. The lowest BCUT2D eigenvalue weighted by Gasteiger charge is -2.12. The summed E-state index contributed by atoms with van der Waals surface area (Å²) in [6.07, 6.45) is 51.9. The Bertz CT molecular complexity index is 474. The van der Waals surface area contributed by atoms with E-state index in [1.165, 1.54) is 225 Å². The maximum Gasteiger partial charge on any atom is 0.0540 e. The highest BCUT2D eigenvalue weighted by Crippen LogP contribution is 2.20. The minimum absolute atomic E-state index is 0.0385. The van der Waals surface area contributed by atoms with Gasteiger partial charge in [-0.2, -0.15) is 0 Å². The van der Waals surface area contributed by atoms with E-state index in [9.17, 15) is 5.11 Å². The first kappa shape index (κ1) is 43.0. The van der Waals surface area contributed by atoms with Gasteiger partial charge in [-0.1, -0.05) is 245 Å². The van der Waals surface area contributed by atoms with Gasteiger partial charge < -0.3 is 5.11 Å². The van der Waals surface area contributed by atoms with Crippen molar-refractivity contribution in [2.45, 2.75) is 264 Å². The van der Waals surface area contributed by atoms with Crippen LogP contribution in [0.2, 0.25) is 0 Å². The predicted octanol–water partition coefficient (Wildman–Crippen LogP) is 15.5. The number of rotatable bonds is 38. The van der Waals surface area contributed by atoms with Crippen molar-refractivity contribution in [2.75, 3.05) is 0 Å². The molecule has 0 aliphatic carbocycles. The maximum absolute atomic E-state index is 10.3. The van der Waals surface area contributed by atoms with Crippen LogP contribution in [-0.4, -0.2) is 11.2 Å². The molecule has 2 unspecified atom stereocenters. The Balaban J connectivity index is 3.22. The van der Waals surface area contributed by atoms with E-state index in [1.54, 1.807) is 0 Å². The molecule has 0 aromatic carbocycles. The van der Waals surface area contributed by atoms with Crippen molar-refractivity contribution in [1.29, 1.82) is 0 Å². The van der Waals surface area contributed by atoms with Crippen molar-refractivity contribution < 1.29 is 5.11 Å². The van der Waals surface area contributed by atoms with Crippen LogP contribution in [0.15, 0.2) is 0 Å². The lowest BCUT2D eigenvalue weighted by Crippen LogP contribution is -2.05. The molecule has 0 aromatic rings. The quantitative estimate of drug-likeness (QED) is 0.0693. The minimum Gasteiger partial charge on any atom is -0.393 e. The number of aliphatic hydroxyl groups excluding tert-OH is 1. The van der Waals surface area contributed by atoms with Gasteiger partial charge in [0.1, 0.15) is 0 Å². The minimum atomic E-state index is -0.0385. The predicted molar refractivity (Wildman–Crippen MR) is 197 cm³/mol. The molecule has 0 radical (unpaired) electrons. The van der Waals surface area contributed by atoms with Crippen LogP contribution in [0.25, 0.3) is 0 Å². The smallest absolute Gasteiger partial charge is 0.0540 e. The van der Waals surface area contributed by atoms with Crippen LogP contribution in [0.3, 0.4) is 0 Å². The Morgan fingerprint density at radius 2 is 0.465 bits per heavy atom. The largest absolute Gasteiger partial charge is 0.393 e. The summed E-state index contributed by atoms with van der Waals surface area (Å²) in [4.78, 5) is 0. The highest BCUT2D eigenvalue weighted by molar-refractivity contribution is 4.59. The van der Waals surface area contributed by atoms with Crippen molar-refractivity contribution in [3.05, 3.63) is 0 Å². The Morgan fingerprint density at radius 3 is 0.698 bits per heavy atom. The Kier molecular flexibility index (Phi) is 38.1. The fourth-order valence-corrected chi connectivity index (χ4v) is 6.95. The Hall–Kier alpha value is -0.0400. The molecule has 0 aliphatic heterocycles. The molecule has 0 saturated heterocycles. The lowest BCUT2D eigenvalue weighted by atomic mass is 9.95. The summed E-state index contributed by atoms with van der Waals surface area (Å²) in [6.45, 7) is 7.08. The third kappa shape index (κ3) is 38.1. The van der Waals surface area contributed by atoms with E-state index in [1.807, 2.05) is 0 Å². The molecule has 1 N–H and O–H groups in total. The second-order valence-electron chi connectivity index (χ2n) is 14.9. The molecule has 1 heteroatoms. The monoisotopic (exact) mass is 607 g/mol. The fourth-order valence-electron chi connectivity index (χ4n) is 6.95. The molecule has 0 aromatic heterocycles. The summed E-state index contributed by atoms with van der Waals surface area (Å²) < 4.78 is 0. The van der Waals surface area contributed by atoms with Crippen molar-refractivity contribution in [2.24, 2.45) is 5.92 Å². The number of aliphatic hydroxyl groups is 1. The first-order chi connectivity index (χ1) is 21.2. The fraction of sp³-hybridized carbons (Fsp3) is 1.00. The van der Waals surface area contributed by atoms with Crippen molar-refractivity contribution in [3.8, 4) is 0 Å². The Labute approximate surface area is 274 Å². The molecule has 0 spiro atoms. The second-order valence-corrected chi connectivity index (χ2v) is 14.9. The van der Waals surface area contributed by atoms with E-state index in [2.05, 4.69) is 20.8 Å². The SMILES string of the molecule is CCCCCCCCCCCCCCCCCCCCC(C)CCCCCCCC(O)CCCCCCCCCCCC. The van der Waals surface area contributed by atoms with E-state index >= 15 is 0 Å². The maximum atomic E-state index is 10.3. The van der Waals surface area contributed by atoms with Gasteiger partial charge in [0.15, 0.2) is 0 Å². The summed E-state index contributed by atoms with van der Waals surface area (Å²) in [5.41, 5.74) is 0. The van der Waals surface area contributed by atoms with Crippen LogP contribution in [0.1, 0.15) is 258 Å². The van der Waals surface area contributed by atoms with Crippen LogP contribution in [0.4, 0.5) is 0 Å². The summed E-state index contributed by atoms with van der Waals surface area (Å²) in [7, 11) is 0. The van der Waals surface area contributed by atoms with Gasteiger partial charge in [0, 0.05) is 0 Å². The topological polar surface area (TPSA) is 20.2 Å². The van der Waals surface area contributed by atoms with Gasteiger partial charge in [-0.05, 0) is 18.8 Å². The molecule has 1 nitrogen and oxygen atoms in total. The van der Waals surface area contributed by atoms with E-state index in [4.69, 9.17) is 0 Å². The zero-order valence-corrected chi connectivity index (χ0v) is 30.8. The molecule has 260 valence electrons. The van der Waals surface area contributed by atoms with Gasteiger partial charge in [-0.25, -0.2) is 0 Å². The molecular weight excluding hydrogens is 520 g/mol. The van der Waals surface area contributed by atoms with Gasteiger partial charge in [0.2, 0.25) is 0 Å². The normalized spacial score (nSPS) is 13.1. The van der Waals surface area contributed by atoms with E-state index in [-0.39, 0.29) is 6.10 Å². The molecule has 43 heavy (non-hydrogen) atoms. The van der Waals surface area contributed by atoms with Crippen LogP contribution < -0.4 is 0 Å². The third-order valence-corrected chi connectivity index (χ3v) is 10.2. The Morgan fingerprint density at radius 1 is 0.279 bits per heavy atom. The number of hydrogen-bond donors (Lipinski definition) is 1. The number of hydrogen-bond acceptors (Lipinski definition) is 1. The van der Waals surface area contributed by atoms with Gasteiger partial charge in [-0.3, -0.25) is 0 Å². The zero-order valence-electron chi connectivity index (χ0n) is 30.8. The third-order valence-electron chi connectivity index (χ3n) is 10.2. The van der Waals surface area contributed by atoms with Gasteiger partial charge in [0.05, 0.1) is 6.10 Å².